The van der Waals surface area contributed by atoms with Crippen LogP contribution < -0.4 is 5.73 Å². The van der Waals surface area contributed by atoms with Crippen LogP contribution in [-0.4, -0.2) is 16.0 Å². The van der Waals surface area contributed by atoms with E-state index in [0.717, 1.165) is 0 Å². The molecule has 19 heavy (non-hydrogen) atoms. The Morgan fingerprint density at radius 1 is 1.42 bits per heavy atom. The van der Waals surface area contributed by atoms with Gasteiger partial charge in [0, 0.05) is 17.8 Å². The molecule has 0 amide bonds. The first-order chi connectivity index (χ1) is 8.92. The van der Waals surface area contributed by atoms with Crippen LogP contribution in [0.5, 0.6) is 0 Å². The monoisotopic (exact) mass is 266 g/mol. The van der Waals surface area contributed by atoms with E-state index >= 15 is 0 Å². The van der Waals surface area contributed by atoms with Crippen LogP contribution in [0.2, 0.25) is 0 Å². The molecule has 0 aliphatic carbocycles. The number of hydrogen-bond donors (Lipinski definition) is 2. The average Bonchev–Trinajstić information content (AvgIpc) is 2.36. The Bertz CT molecular complexity index is 484. The van der Waals surface area contributed by atoms with Gasteiger partial charge in [-0.3, -0.25) is 14.9 Å². The summed E-state index contributed by atoms with van der Waals surface area (Å²) in [6, 6.07) is 3.95. The minimum absolute atomic E-state index is 0.0956. The van der Waals surface area contributed by atoms with Gasteiger partial charge in [-0.25, -0.2) is 0 Å². The van der Waals surface area contributed by atoms with E-state index in [-0.39, 0.29) is 17.3 Å². The second kappa shape index (κ2) is 6.17. The SMILES string of the molecule is CCC(CC)C(C(=O)O)c1cc([N+](=O)[O-])ccc1N. The van der Waals surface area contributed by atoms with Gasteiger partial charge < -0.3 is 10.8 Å². The van der Waals surface area contributed by atoms with Crippen LogP contribution in [0.15, 0.2) is 18.2 Å². The van der Waals surface area contributed by atoms with Crippen molar-refractivity contribution in [1.29, 1.82) is 0 Å². The average molecular weight is 266 g/mol. The van der Waals surface area contributed by atoms with Gasteiger partial charge in [0.05, 0.1) is 10.8 Å². The first-order valence-corrected chi connectivity index (χ1v) is 6.18. The lowest BCUT2D eigenvalue weighted by Gasteiger charge is -2.22. The van der Waals surface area contributed by atoms with Gasteiger partial charge in [0.2, 0.25) is 0 Å². The van der Waals surface area contributed by atoms with Crippen LogP contribution in [-0.2, 0) is 4.79 Å². The van der Waals surface area contributed by atoms with Crippen LogP contribution in [0.4, 0.5) is 11.4 Å². The number of non-ortho nitro benzene ring substituents is 1. The number of carboxylic acid groups (broad SMARTS) is 1. The third-order valence-corrected chi connectivity index (χ3v) is 3.40. The molecular formula is C13H18N2O4. The lowest BCUT2D eigenvalue weighted by Crippen LogP contribution is -2.22. The van der Waals surface area contributed by atoms with Crippen molar-refractivity contribution in [2.24, 2.45) is 5.92 Å². The van der Waals surface area contributed by atoms with E-state index in [9.17, 15) is 20.0 Å². The molecule has 0 aromatic heterocycles. The molecule has 0 fully saturated rings. The third-order valence-electron chi connectivity index (χ3n) is 3.40. The number of aliphatic carboxylic acids is 1. The Kier molecular flexibility index (Phi) is 4.86. The third kappa shape index (κ3) is 3.21. The minimum Gasteiger partial charge on any atom is -0.481 e. The van der Waals surface area contributed by atoms with E-state index in [4.69, 9.17) is 5.73 Å². The van der Waals surface area contributed by atoms with E-state index in [1.54, 1.807) is 0 Å². The Morgan fingerprint density at radius 3 is 2.42 bits per heavy atom. The summed E-state index contributed by atoms with van der Waals surface area (Å²) in [4.78, 5) is 21.7. The normalized spacial score (nSPS) is 12.4. The van der Waals surface area contributed by atoms with Crippen molar-refractivity contribution < 1.29 is 14.8 Å². The second-order valence-corrected chi connectivity index (χ2v) is 4.46. The molecule has 0 radical (unpaired) electrons. The molecule has 1 rings (SSSR count). The standard InChI is InChI=1S/C13H18N2O4/c1-3-8(4-2)12(13(16)17)10-7-9(15(18)19)5-6-11(10)14/h5-8,12H,3-4,14H2,1-2H3,(H,16,17). The van der Waals surface area contributed by atoms with E-state index in [1.807, 2.05) is 13.8 Å². The fourth-order valence-corrected chi connectivity index (χ4v) is 2.29. The van der Waals surface area contributed by atoms with Gasteiger partial charge in [-0.05, 0) is 17.5 Å². The first-order valence-electron chi connectivity index (χ1n) is 6.18. The van der Waals surface area contributed by atoms with Gasteiger partial charge in [-0.2, -0.15) is 0 Å². The number of carbonyl (C=O) groups is 1. The number of anilines is 1. The Hall–Kier alpha value is -2.11. The van der Waals surface area contributed by atoms with Gasteiger partial charge in [0.25, 0.3) is 5.69 Å². The van der Waals surface area contributed by atoms with E-state index in [2.05, 4.69) is 0 Å². The van der Waals surface area contributed by atoms with Gasteiger partial charge in [-0.15, -0.1) is 0 Å². The fraction of sp³-hybridized carbons (Fsp3) is 0.462. The molecule has 1 unspecified atom stereocenters. The number of nitro groups is 1. The van der Waals surface area contributed by atoms with Crippen molar-refractivity contribution in [3.63, 3.8) is 0 Å². The maximum absolute atomic E-state index is 11.5. The Labute approximate surface area is 111 Å². The number of nitrogens with two attached hydrogens (primary N) is 1. The molecule has 104 valence electrons. The summed E-state index contributed by atoms with van der Waals surface area (Å²) in [6.07, 6.45) is 1.35. The number of benzene rings is 1. The summed E-state index contributed by atoms with van der Waals surface area (Å²) in [5, 5.41) is 20.2. The number of carboxylic acids is 1. The number of nitrogen functional groups attached to an aromatic ring is 1. The zero-order valence-corrected chi connectivity index (χ0v) is 11.0. The molecule has 1 aromatic carbocycles. The number of nitro benzene ring substituents is 1. The highest BCUT2D eigenvalue weighted by atomic mass is 16.6. The summed E-state index contributed by atoms with van der Waals surface area (Å²) in [5.74, 6) is -1.90. The van der Waals surface area contributed by atoms with E-state index in [0.29, 0.717) is 18.4 Å². The molecule has 0 spiro atoms. The molecule has 1 aromatic rings. The predicted octanol–water partition coefficient (Wildman–Crippen LogP) is 2.78. The van der Waals surface area contributed by atoms with Crippen molar-refractivity contribution in [1.82, 2.24) is 0 Å². The molecule has 6 nitrogen and oxygen atoms in total. The van der Waals surface area contributed by atoms with Crippen LogP contribution in [0.1, 0.15) is 38.2 Å². The van der Waals surface area contributed by atoms with Crippen molar-refractivity contribution in [3.8, 4) is 0 Å². The summed E-state index contributed by atoms with van der Waals surface area (Å²) in [7, 11) is 0. The lowest BCUT2D eigenvalue weighted by atomic mass is 9.82. The van der Waals surface area contributed by atoms with E-state index < -0.39 is 16.8 Å². The fourth-order valence-electron chi connectivity index (χ4n) is 2.29. The summed E-state index contributed by atoms with van der Waals surface area (Å²) in [5.41, 5.74) is 6.26. The van der Waals surface area contributed by atoms with Crippen molar-refractivity contribution >= 4 is 17.3 Å². The van der Waals surface area contributed by atoms with Crippen molar-refractivity contribution in [3.05, 3.63) is 33.9 Å². The molecule has 0 aliphatic heterocycles. The summed E-state index contributed by atoms with van der Waals surface area (Å²) >= 11 is 0. The highest BCUT2D eigenvalue weighted by Gasteiger charge is 2.30. The molecule has 0 heterocycles. The highest BCUT2D eigenvalue weighted by Crippen LogP contribution is 2.35. The lowest BCUT2D eigenvalue weighted by molar-refractivity contribution is -0.384. The summed E-state index contributed by atoms with van der Waals surface area (Å²) in [6.45, 7) is 3.80. The van der Waals surface area contributed by atoms with Crippen molar-refractivity contribution in [2.75, 3.05) is 5.73 Å². The van der Waals surface area contributed by atoms with Crippen LogP contribution in [0, 0.1) is 16.0 Å². The van der Waals surface area contributed by atoms with Gasteiger partial charge in [-0.1, -0.05) is 26.7 Å². The maximum Gasteiger partial charge on any atom is 0.311 e. The van der Waals surface area contributed by atoms with Gasteiger partial charge in [0.15, 0.2) is 0 Å². The number of hydrogen-bond acceptors (Lipinski definition) is 4. The summed E-state index contributed by atoms with van der Waals surface area (Å²) < 4.78 is 0. The molecule has 0 saturated carbocycles. The first kappa shape index (κ1) is 14.9. The second-order valence-electron chi connectivity index (χ2n) is 4.46. The molecule has 3 N–H and O–H groups in total. The molecule has 6 heteroatoms. The van der Waals surface area contributed by atoms with Gasteiger partial charge in [0.1, 0.15) is 0 Å². The minimum atomic E-state index is -0.999. The number of rotatable bonds is 6. The molecule has 0 bridgehead atoms. The van der Waals surface area contributed by atoms with Crippen molar-refractivity contribution in [2.45, 2.75) is 32.6 Å². The van der Waals surface area contributed by atoms with Crippen LogP contribution >= 0.6 is 0 Å². The Balaban J connectivity index is 3.33. The molecule has 0 saturated heterocycles. The molecular weight excluding hydrogens is 248 g/mol. The quantitative estimate of drug-likeness (QED) is 0.467. The molecule has 0 aliphatic rings. The largest absolute Gasteiger partial charge is 0.481 e. The maximum atomic E-state index is 11.5. The smallest absolute Gasteiger partial charge is 0.311 e. The highest BCUT2D eigenvalue weighted by molar-refractivity contribution is 5.79. The van der Waals surface area contributed by atoms with Crippen LogP contribution in [0.25, 0.3) is 0 Å². The number of nitrogens with zero attached hydrogens (tertiary/aromatic N) is 1. The zero-order chi connectivity index (χ0) is 14.6. The van der Waals surface area contributed by atoms with Gasteiger partial charge >= 0.3 is 5.97 Å². The van der Waals surface area contributed by atoms with Crippen LogP contribution in [0.3, 0.4) is 0 Å². The van der Waals surface area contributed by atoms with E-state index in [1.165, 1.54) is 18.2 Å². The Morgan fingerprint density at radius 2 is 2.00 bits per heavy atom. The molecule has 1 atom stereocenters. The zero-order valence-electron chi connectivity index (χ0n) is 11.0. The predicted molar refractivity (Wildman–Crippen MR) is 72.0 cm³/mol. The topological polar surface area (TPSA) is 106 Å².